The molecule has 0 aliphatic heterocycles. The number of nitrogens with zero attached hydrogens (tertiary/aromatic N) is 1. The summed E-state index contributed by atoms with van der Waals surface area (Å²) in [6.07, 6.45) is 1.98. The van der Waals surface area contributed by atoms with E-state index in [1.165, 1.54) is 0 Å². The molecule has 0 unspecified atom stereocenters. The smallest absolute Gasteiger partial charge is 0.271 e. The van der Waals surface area contributed by atoms with Crippen molar-refractivity contribution >= 4 is 22.7 Å². The van der Waals surface area contributed by atoms with Gasteiger partial charge in [0, 0.05) is 24.1 Å². The number of fused-ring (bicyclic) bond motifs is 1. The monoisotopic (exact) mass is 321 g/mol. The van der Waals surface area contributed by atoms with Crippen LogP contribution in [-0.2, 0) is 18.3 Å². The van der Waals surface area contributed by atoms with Gasteiger partial charge in [-0.15, -0.1) is 0 Å². The van der Waals surface area contributed by atoms with E-state index in [-0.39, 0.29) is 18.2 Å². The molecule has 0 fully saturated rings. The summed E-state index contributed by atoms with van der Waals surface area (Å²) >= 11 is 0. The van der Waals surface area contributed by atoms with Crippen LogP contribution in [0.5, 0.6) is 0 Å². The molecule has 1 heterocycles. The second kappa shape index (κ2) is 6.58. The van der Waals surface area contributed by atoms with Crippen LogP contribution in [-0.4, -0.2) is 16.4 Å². The average Bonchev–Trinajstić information content (AvgIpc) is 2.92. The fraction of sp³-hybridized carbons (Fsp3) is 0.158. The Bertz CT molecular complexity index is 912. The third-order valence-corrected chi connectivity index (χ3v) is 4.07. The van der Waals surface area contributed by atoms with E-state index in [4.69, 9.17) is 0 Å². The van der Waals surface area contributed by atoms with Gasteiger partial charge in [0.25, 0.3) is 5.91 Å². The summed E-state index contributed by atoms with van der Waals surface area (Å²) in [4.78, 5) is 24.4. The third-order valence-electron chi connectivity index (χ3n) is 4.07. The van der Waals surface area contributed by atoms with Crippen LogP contribution in [0.4, 0.5) is 0 Å². The number of hydrogen-bond donors (Lipinski definition) is 2. The second-order valence-electron chi connectivity index (χ2n) is 5.78. The van der Waals surface area contributed by atoms with Gasteiger partial charge in [0.05, 0.1) is 12.0 Å². The highest BCUT2D eigenvalue weighted by atomic mass is 16.2. The first-order valence-electron chi connectivity index (χ1n) is 7.74. The molecule has 5 heteroatoms. The molecule has 0 bridgehead atoms. The Labute approximate surface area is 140 Å². The van der Waals surface area contributed by atoms with Gasteiger partial charge in [-0.2, -0.15) is 0 Å². The quantitative estimate of drug-likeness (QED) is 0.728. The summed E-state index contributed by atoms with van der Waals surface area (Å²) in [6.45, 7) is 1.96. The van der Waals surface area contributed by atoms with Crippen molar-refractivity contribution in [1.82, 2.24) is 15.4 Å². The van der Waals surface area contributed by atoms with E-state index in [1.807, 2.05) is 67.1 Å². The van der Waals surface area contributed by atoms with Crippen LogP contribution < -0.4 is 10.9 Å². The Kier molecular flexibility index (Phi) is 4.33. The molecule has 0 aliphatic carbocycles. The fourth-order valence-corrected chi connectivity index (χ4v) is 2.74. The van der Waals surface area contributed by atoms with Gasteiger partial charge in [-0.3, -0.25) is 20.4 Å². The number of hydrogen-bond acceptors (Lipinski definition) is 2. The van der Waals surface area contributed by atoms with E-state index in [2.05, 4.69) is 10.9 Å². The molecule has 0 spiro atoms. The lowest BCUT2D eigenvalue weighted by Gasteiger charge is -2.08. The molecular formula is C19H19N3O2. The SMILES string of the molecule is Cc1ccccc1CC(=O)NNC(=O)c1cn(C)c2ccccc12. The van der Waals surface area contributed by atoms with Crippen molar-refractivity contribution in [2.45, 2.75) is 13.3 Å². The molecule has 24 heavy (non-hydrogen) atoms. The molecule has 122 valence electrons. The van der Waals surface area contributed by atoms with Crippen molar-refractivity contribution in [3.8, 4) is 0 Å². The van der Waals surface area contributed by atoms with Gasteiger partial charge in [-0.05, 0) is 24.1 Å². The summed E-state index contributed by atoms with van der Waals surface area (Å²) in [6, 6.07) is 15.3. The summed E-state index contributed by atoms with van der Waals surface area (Å²) in [5, 5.41) is 0.852. The topological polar surface area (TPSA) is 63.1 Å². The highest BCUT2D eigenvalue weighted by molar-refractivity contribution is 6.07. The van der Waals surface area contributed by atoms with Crippen LogP contribution in [0.1, 0.15) is 21.5 Å². The number of nitrogens with one attached hydrogen (secondary N) is 2. The van der Waals surface area contributed by atoms with Crippen LogP contribution >= 0.6 is 0 Å². The second-order valence-corrected chi connectivity index (χ2v) is 5.78. The van der Waals surface area contributed by atoms with Crippen molar-refractivity contribution in [2.75, 3.05) is 0 Å². The van der Waals surface area contributed by atoms with E-state index in [0.29, 0.717) is 5.56 Å². The molecule has 5 nitrogen and oxygen atoms in total. The average molecular weight is 321 g/mol. The highest BCUT2D eigenvalue weighted by Gasteiger charge is 2.14. The maximum absolute atomic E-state index is 12.4. The van der Waals surface area contributed by atoms with Crippen LogP contribution in [0.2, 0.25) is 0 Å². The fourth-order valence-electron chi connectivity index (χ4n) is 2.74. The number of rotatable bonds is 3. The number of para-hydroxylation sites is 1. The predicted octanol–water partition coefficient (Wildman–Crippen LogP) is 2.49. The molecule has 1 aromatic heterocycles. The summed E-state index contributed by atoms with van der Waals surface area (Å²) < 4.78 is 1.89. The van der Waals surface area contributed by atoms with Crippen LogP contribution in [0, 0.1) is 6.92 Å². The molecule has 0 atom stereocenters. The predicted molar refractivity (Wildman–Crippen MR) is 93.4 cm³/mol. The van der Waals surface area contributed by atoms with Crippen molar-refractivity contribution in [1.29, 1.82) is 0 Å². The Hall–Kier alpha value is -3.08. The van der Waals surface area contributed by atoms with Crippen LogP contribution in [0.3, 0.4) is 0 Å². The van der Waals surface area contributed by atoms with Crippen LogP contribution in [0.15, 0.2) is 54.7 Å². The lowest BCUT2D eigenvalue weighted by Crippen LogP contribution is -2.42. The largest absolute Gasteiger partial charge is 0.350 e. The minimum Gasteiger partial charge on any atom is -0.350 e. The molecule has 3 rings (SSSR count). The van der Waals surface area contributed by atoms with Gasteiger partial charge in [0.1, 0.15) is 0 Å². The van der Waals surface area contributed by atoms with Crippen LogP contribution in [0.25, 0.3) is 10.9 Å². The Morgan fingerprint density at radius 2 is 1.71 bits per heavy atom. The molecule has 2 N–H and O–H groups in total. The molecule has 0 saturated heterocycles. The van der Waals surface area contributed by atoms with Gasteiger partial charge in [-0.1, -0.05) is 42.5 Å². The van der Waals surface area contributed by atoms with Crippen molar-refractivity contribution < 1.29 is 9.59 Å². The van der Waals surface area contributed by atoms with Gasteiger partial charge in [0.2, 0.25) is 5.91 Å². The molecule has 0 aliphatic rings. The Morgan fingerprint density at radius 1 is 1.00 bits per heavy atom. The minimum atomic E-state index is -0.329. The van der Waals surface area contributed by atoms with Gasteiger partial charge < -0.3 is 4.57 Å². The first-order chi connectivity index (χ1) is 11.6. The van der Waals surface area contributed by atoms with E-state index in [1.54, 1.807) is 6.20 Å². The minimum absolute atomic E-state index is 0.225. The number of aryl methyl sites for hydroxylation is 2. The third kappa shape index (κ3) is 3.15. The van der Waals surface area contributed by atoms with Gasteiger partial charge in [-0.25, -0.2) is 0 Å². The lowest BCUT2D eigenvalue weighted by atomic mass is 10.1. The van der Waals surface area contributed by atoms with E-state index < -0.39 is 0 Å². The molecule has 2 amide bonds. The molecule has 3 aromatic rings. The summed E-state index contributed by atoms with van der Waals surface area (Å²) in [7, 11) is 1.88. The normalized spacial score (nSPS) is 10.6. The maximum atomic E-state index is 12.4. The molecular weight excluding hydrogens is 302 g/mol. The first kappa shape index (κ1) is 15.8. The van der Waals surface area contributed by atoms with E-state index >= 15 is 0 Å². The first-order valence-corrected chi connectivity index (χ1v) is 7.74. The van der Waals surface area contributed by atoms with E-state index in [0.717, 1.165) is 22.0 Å². The lowest BCUT2D eigenvalue weighted by molar-refractivity contribution is -0.121. The molecule has 0 saturated carbocycles. The Morgan fingerprint density at radius 3 is 2.50 bits per heavy atom. The summed E-state index contributed by atoms with van der Waals surface area (Å²) in [5.74, 6) is -0.581. The molecule has 0 radical (unpaired) electrons. The number of hydrazine groups is 1. The zero-order valence-electron chi connectivity index (χ0n) is 13.7. The van der Waals surface area contributed by atoms with Gasteiger partial charge in [0.15, 0.2) is 0 Å². The van der Waals surface area contributed by atoms with Gasteiger partial charge >= 0.3 is 0 Å². The number of amides is 2. The number of aromatic nitrogens is 1. The standard InChI is InChI=1S/C19H19N3O2/c1-13-7-3-4-8-14(13)11-18(23)20-21-19(24)16-12-22(2)17-10-6-5-9-15(16)17/h3-10,12H,11H2,1-2H3,(H,20,23)(H,21,24). The number of carbonyl (C=O) groups is 2. The number of carbonyl (C=O) groups excluding carboxylic acids is 2. The Balaban J connectivity index is 1.67. The summed E-state index contributed by atoms with van der Waals surface area (Å²) in [5.41, 5.74) is 8.46. The van der Waals surface area contributed by atoms with E-state index in [9.17, 15) is 9.59 Å². The van der Waals surface area contributed by atoms with Crippen molar-refractivity contribution in [2.24, 2.45) is 7.05 Å². The highest BCUT2D eigenvalue weighted by Crippen LogP contribution is 2.19. The maximum Gasteiger partial charge on any atom is 0.271 e. The number of benzene rings is 2. The molecule has 2 aromatic carbocycles. The van der Waals surface area contributed by atoms with Crippen molar-refractivity contribution in [3.63, 3.8) is 0 Å². The zero-order valence-corrected chi connectivity index (χ0v) is 13.7. The zero-order chi connectivity index (χ0) is 17.1. The van der Waals surface area contributed by atoms with Crippen molar-refractivity contribution in [3.05, 3.63) is 71.4 Å².